The van der Waals surface area contributed by atoms with Crippen LogP contribution in [-0.2, 0) is 4.79 Å². The molecule has 1 aromatic rings. The van der Waals surface area contributed by atoms with E-state index in [1.807, 2.05) is 13.8 Å². The fourth-order valence-electron chi connectivity index (χ4n) is 3.30. The SMILES string of the molecule is CCC(CC)n1nc(C)cc1C(=O)N1C[C@@H](C(F)(F)F)[C@H](C(=O)O)C1. The molecule has 1 fully saturated rings. The molecule has 1 aliphatic rings. The number of aromatic nitrogens is 2. The van der Waals surface area contributed by atoms with Crippen LogP contribution in [0.15, 0.2) is 6.07 Å². The third-order valence-electron chi connectivity index (χ3n) is 4.71. The highest BCUT2D eigenvalue weighted by Gasteiger charge is 2.53. The Bertz CT molecular complexity index is 653. The Balaban J connectivity index is 2.32. The first kappa shape index (κ1) is 19.3. The minimum absolute atomic E-state index is 0.0380. The van der Waals surface area contributed by atoms with Crippen LogP contribution in [0.5, 0.6) is 0 Å². The fraction of sp³-hybridized carbons (Fsp3) is 0.688. The molecule has 0 radical (unpaired) electrons. The second kappa shape index (κ2) is 7.05. The number of amides is 1. The number of carbonyl (C=O) groups excluding carboxylic acids is 1. The Labute approximate surface area is 143 Å². The summed E-state index contributed by atoms with van der Waals surface area (Å²) in [7, 11) is 0. The second-order valence-electron chi connectivity index (χ2n) is 6.39. The quantitative estimate of drug-likeness (QED) is 0.875. The van der Waals surface area contributed by atoms with E-state index in [0.717, 1.165) is 17.7 Å². The van der Waals surface area contributed by atoms with Gasteiger partial charge in [-0.3, -0.25) is 14.3 Å². The predicted molar refractivity (Wildman–Crippen MR) is 83.2 cm³/mol. The lowest BCUT2D eigenvalue weighted by molar-refractivity contribution is -0.187. The van der Waals surface area contributed by atoms with Crippen LogP contribution in [0.2, 0.25) is 0 Å². The third-order valence-corrected chi connectivity index (χ3v) is 4.71. The zero-order valence-electron chi connectivity index (χ0n) is 14.4. The van der Waals surface area contributed by atoms with Crippen LogP contribution in [0.1, 0.15) is 48.9 Å². The molecule has 6 nitrogen and oxygen atoms in total. The summed E-state index contributed by atoms with van der Waals surface area (Å²) in [6, 6.07) is 1.50. The molecule has 1 aromatic heterocycles. The number of carbonyl (C=O) groups is 2. The monoisotopic (exact) mass is 361 g/mol. The molecule has 2 heterocycles. The van der Waals surface area contributed by atoms with Crippen molar-refractivity contribution in [1.29, 1.82) is 0 Å². The number of carboxylic acids is 1. The molecule has 2 rings (SSSR count). The number of aliphatic carboxylic acids is 1. The van der Waals surface area contributed by atoms with Gasteiger partial charge >= 0.3 is 12.1 Å². The first-order valence-electron chi connectivity index (χ1n) is 8.25. The van der Waals surface area contributed by atoms with Gasteiger partial charge in [0.2, 0.25) is 0 Å². The van der Waals surface area contributed by atoms with Crippen molar-refractivity contribution in [3.63, 3.8) is 0 Å². The van der Waals surface area contributed by atoms with E-state index < -0.39 is 43.0 Å². The zero-order chi connectivity index (χ0) is 18.9. The number of nitrogens with zero attached hydrogens (tertiary/aromatic N) is 3. The second-order valence-corrected chi connectivity index (χ2v) is 6.39. The summed E-state index contributed by atoms with van der Waals surface area (Å²) in [4.78, 5) is 24.9. The highest BCUT2D eigenvalue weighted by molar-refractivity contribution is 5.93. The Hall–Kier alpha value is -2.06. The molecule has 0 bridgehead atoms. The van der Waals surface area contributed by atoms with Crippen LogP contribution < -0.4 is 0 Å². The van der Waals surface area contributed by atoms with Crippen molar-refractivity contribution < 1.29 is 27.9 Å². The summed E-state index contributed by atoms with van der Waals surface area (Å²) < 4.78 is 40.9. The summed E-state index contributed by atoms with van der Waals surface area (Å²) in [6.07, 6.45) is -3.22. The molecule has 140 valence electrons. The number of hydrogen-bond donors (Lipinski definition) is 1. The third kappa shape index (κ3) is 3.80. The van der Waals surface area contributed by atoms with Crippen molar-refractivity contribution in [2.24, 2.45) is 11.8 Å². The number of rotatable bonds is 5. The number of hydrogen-bond acceptors (Lipinski definition) is 3. The summed E-state index contributed by atoms with van der Waals surface area (Å²) in [5, 5.41) is 13.4. The topological polar surface area (TPSA) is 75.4 Å². The first-order valence-corrected chi connectivity index (χ1v) is 8.25. The van der Waals surface area contributed by atoms with Crippen LogP contribution >= 0.6 is 0 Å². The van der Waals surface area contributed by atoms with Gasteiger partial charge in [-0.15, -0.1) is 0 Å². The number of halogens is 3. The fourth-order valence-corrected chi connectivity index (χ4v) is 3.30. The van der Waals surface area contributed by atoms with Gasteiger partial charge in [-0.2, -0.15) is 18.3 Å². The average molecular weight is 361 g/mol. The van der Waals surface area contributed by atoms with Gasteiger partial charge in [0.25, 0.3) is 5.91 Å². The van der Waals surface area contributed by atoms with Gasteiger partial charge in [0.15, 0.2) is 0 Å². The predicted octanol–water partition coefficient (Wildman–Crippen LogP) is 2.89. The normalized spacial score (nSPS) is 21.2. The van der Waals surface area contributed by atoms with Gasteiger partial charge in [-0.05, 0) is 25.8 Å². The maximum Gasteiger partial charge on any atom is 0.394 e. The maximum atomic E-state index is 13.1. The van der Waals surface area contributed by atoms with Crippen molar-refractivity contribution in [2.75, 3.05) is 13.1 Å². The molecular formula is C16H22F3N3O3. The molecule has 0 aromatic carbocycles. The average Bonchev–Trinajstić information content (AvgIpc) is 3.12. The van der Waals surface area contributed by atoms with Gasteiger partial charge in [-0.25, -0.2) is 0 Å². The van der Waals surface area contributed by atoms with E-state index in [1.54, 1.807) is 11.6 Å². The van der Waals surface area contributed by atoms with Crippen molar-refractivity contribution in [3.8, 4) is 0 Å². The van der Waals surface area contributed by atoms with E-state index in [1.165, 1.54) is 6.07 Å². The largest absolute Gasteiger partial charge is 0.481 e. The Kier molecular flexibility index (Phi) is 5.43. The lowest BCUT2D eigenvalue weighted by Crippen LogP contribution is -2.34. The highest BCUT2D eigenvalue weighted by Crippen LogP contribution is 2.38. The van der Waals surface area contributed by atoms with Crippen molar-refractivity contribution in [1.82, 2.24) is 14.7 Å². The van der Waals surface area contributed by atoms with E-state index in [-0.39, 0.29) is 11.7 Å². The standard InChI is InChI=1S/C16H22F3N3O3/c1-4-10(5-2)22-13(6-9(3)20-22)14(23)21-7-11(15(24)25)12(8-21)16(17,18)19/h6,10-12H,4-5,7-8H2,1-3H3,(H,24,25)/t11-,12-/m1/s1. The van der Waals surface area contributed by atoms with Crippen LogP contribution in [-0.4, -0.2) is 50.9 Å². The Morgan fingerprint density at radius 3 is 2.36 bits per heavy atom. The van der Waals surface area contributed by atoms with Crippen molar-refractivity contribution in [3.05, 3.63) is 17.5 Å². The smallest absolute Gasteiger partial charge is 0.394 e. The molecule has 25 heavy (non-hydrogen) atoms. The molecule has 1 aliphatic heterocycles. The van der Waals surface area contributed by atoms with E-state index >= 15 is 0 Å². The Morgan fingerprint density at radius 1 is 1.32 bits per heavy atom. The molecule has 0 unspecified atom stereocenters. The van der Waals surface area contributed by atoms with Crippen molar-refractivity contribution >= 4 is 11.9 Å². The lowest BCUT2D eigenvalue weighted by atomic mass is 9.96. The zero-order valence-corrected chi connectivity index (χ0v) is 14.4. The molecule has 1 amide bonds. The lowest BCUT2D eigenvalue weighted by Gasteiger charge is -2.21. The van der Waals surface area contributed by atoms with Crippen LogP contribution in [0.25, 0.3) is 0 Å². The summed E-state index contributed by atoms with van der Waals surface area (Å²) >= 11 is 0. The summed E-state index contributed by atoms with van der Waals surface area (Å²) in [5.74, 6) is -5.85. The molecule has 0 spiro atoms. The molecular weight excluding hydrogens is 339 g/mol. The molecule has 1 N–H and O–H groups in total. The first-order chi connectivity index (χ1) is 11.6. The van der Waals surface area contributed by atoms with E-state index in [0.29, 0.717) is 5.69 Å². The van der Waals surface area contributed by atoms with Gasteiger partial charge in [-0.1, -0.05) is 13.8 Å². The number of aryl methyl sites for hydroxylation is 1. The van der Waals surface area contributed by atoms with Crippen molar-refractivity contribution in [2.45, 2.75) is 45.8 Å². The van der Waals surface area contributed by atoms with Gasteiger partial charge in [0, 0.05) is 13.1 Å². The van der Waals surface area contributed by atoms with Crippen LogP contribution in [0.3, 0.4) is 0 Å². The van der Waals surface area contributed by atoms with Gasteiger partial charge in [0.1, 0.15) is 5.69 Å². The molecule has 1 saturated heterocycles. The molecule has 9 heteroatoms. The Morgan fingerprint density at radius 2 is 1.92 bits per heavy atom. The number of carboxylic acid groups (broad SMARTS) is 1. The van der Waals surface area contributed by atoms with Crippen LogP contribution in [0, 0.1) is 18.8 Å². The molecule has 2 atom stereocenters. The molecule has 0 saturated carbocycles. The highest BCUT2D eigenvalue weighted by atomic mass is 19.4. The van der Waals surface area contributed by atoms with E-state index in [4.69, 9.17) is 5.11 Å². The number of alkyl halides is 3. The minimum Gasteiger partial charge on any atom is -0.481 e. The van der Waals surface area contributed by atoms with Crippen LogP contribution in [0.4, 0.5) is 13.2 Å². The molecule has 0 aliphatic carbocycles. The van der Waals surface area contributed by atoms with Gasteiger partial charge < -0.3 is 10.0 Å². The minimum atomic E-state index is -4.66. The number of likely N-dealkylation sites (tertiary alicyclic amines) is 1. The van der Waals surface area contributed by atoms with E-state index in [2.05, 4.69) is 5.10 Å². The van der Waals surface area contributed by atoms with Gasteiger partial charge in [0.05, 0.1) is 23.6 Å². The summed E-state index contributed by atoms with van der Waals surface area (Å²) in [6.45, 7) is 4.49. The summed E-state index contributed by atoms with van der Waals surface area (Å²) in [5.41, 5.74) is 0.801. The van der Waals surface area contributed by atoms with E-state index in [9.17, 15) is 22.8 Å². The maximum absolute atomic E-state index is 13.1.